The van der Waals surface area contributed by atoms with E-state index >= 15 is 0 Å². The Labute approximate surface area is 328 Å². The summed E-state index contributed by atoms with van der Waals surface area (Å²) >= 11 is 0. The summed E-state index contributed by atoms with van der Waals surface area (Å²) in [6.07, 6.45) is 1.67. The van der Waals surface area contributed by atoms with Crippen LogP contribution in [-0.2, 0) is 33.5 Å². The zero-order chi connectivity index (χ0) is 40.8. The number of amides is 2. The summed E-state index contributed by atoms with van der Waals surface area (Å²) in [7, 11) is 0. The molecule has 0 aliphatic heterocycles. The molecule has 0 aliphatic rings. The standard InChI is InChI=1S/C44H54N8O4/c1-41(2,3)25-43(7,8)29-19-27(37(53)35(21-29)51-47-31-15-11-12-16-32(31)48-51)23-45-39(55)40(56)46-24-28-20-30(44(9,10)26-42(4,5)6)22-36(38(28)54)52-49-33-17-13-14-18-34(33)50-52/h11-22,53-54H,23-26H2,1-10H3,(H,45,55)(H,46,56). The zero-order valence-electron chi connectivity index (χ0n) is 34.2. The Balaban J connectivity index is 1.26. The number of hydrogen-bond donors (Lipinski definition) is 4. The normalized spacial score (nSPS) is 12.7. The lowest BCUT2D eigenvalue weighted by Gasteiger charge is -2.33. The number of aromatic hydroxyl groups is 2. The van der Waals surface area contributed by atoms with Gasteiger partial charge in [-0.15, -0.1) is 30.0 Å². The molecule has 12 nitrogen and oxygen atoms in total. The maximum absolute atomic E-state index is 13.3. The molecule has 0 radical (unpaired) electrons. The number of hydrogen-bond acceptors (Lipinski definition) is 8. The van der Waals surface area contributed by atoms with Crippen LogP contribution in [0.15, 0.2) is 72.8 Å². The van der Waals surface area contributed by atoms with E-state index in [9.17, 15) is 19.8 Å². The van der Waals surface area contributed by atoms with E-state index in [2.05, 4.69) is 100 Å². The Morgan fingerprint density at radius 1 is 0.536 bits per heavy atom. The van der Waals surface area contributed by atoms with Gasteiger partial charge in [-0.1, -0.05) is 93.5 Å². The number of nitrogens with zero attached hydrogens (tertiary/aromatic N) is 6. The van der Waals surface area contributed by atoms with Crippen LogP contribution in [0.1, 0.15) is 104 Å². The van der Waals surface area contributed by atoms with E-state index in [-0.39, 0.29) is 46.2 Å². The molecular formula is C44H54N8O4. The molecule has 4 N–H and O–H groups in total. The van der Waals surface area contributed by atoms with Gasteiger partial charge in [0.25, 0.3) is 0 Å². The molecule has 0 fully saturated rings. The number of rotatable bonds is 10. The van der Waals surface area contributed by atoms with Gasteiger partial charge in [0.05, 0.1) is 0 Å². The van der Waals surface area contributed by atoms with Gasteiger partial charge in [-0.25, -0.2) is 0 Å². The highest BCUT2D eigenvalue weighted by Crippen LogP contribution is 2.41. The van der Waals surface area contributed by atoms with Crippen LogP contribution in [0.3, 0.4) is 0 Å². The molecule has 12 heteroatoms. The topological polar surface area (TPSA) is 160 Å². The lowest BCUT2D eigenvalue weighted by Crippen LogP contribution is -2.39. The van der Waals surface area contributed by atoms with Crippen molar-refractivity contribution in [3.8, 4) is 22.9 Å². The summed E-state index contributed by atoms with van der Waals surface area (Å²) in [6, 6.07) is 22.4. The highest BCUT2D eigenvalue weighted by atomic mass is 16.3. The molecule has 0 saturated carbocycles. The molecule has 4 aromatic carbocycles. The number of aromatic nitrogens is 6. The predicted octanol–water partition coefficient (Wildman–Crippen LogP) is 7.93. The number of carbonyl (C=O) groups is 2. The molecule has 56 heavy (non-hydrogen) atoms. The number of benzene rings is 4. The molecule has 2 amide bonds. The van der Waals surface area contributed by atoms with Crippen LogP contribution in [-0.4, -0.2) is 52.0 Å². The molecule has 0 spiro atoms. The maximum atomic E-state index is 13.3. The van der Waals surface area contributed by atoms with E-state index in [1.165, 1.54) is 9.59 Å². The quantitative estimate of drug-likeness (QED) is 0.103. The highest BCUT2D eigenvalue weighted by Gasteiger charge is 2.31. The summed E-state index contributed by atoms with van der Waals surface area (Å²) in [6.45, 7) is 21.4. The van der Waals surface area contributed by atoms with E-state index in [1.54, 1.807) is 0 Å². The van der Waals surface area contributed by atoms with Gasteiger partial charge >= 0.3 is 11.8 Å². The summed E-state index contributed by atoms with van der Waals surface area (Å²) in [5.41, 5.74) is 5.49. The van der Waals surface area contributed by atoms with Crippen LogP contribution in [0, 0.1) is 10.8 Å². The van der Waals surface area contributed by atoms with Crippen molar-refractivity contribution < 1.29 is 19.8 Å². The summed E-state index contributed by atoms with van der Waals surface area (Å²) in [5, 5.41) is 46.9. The third kappa shape index (κ3) is 8.85. The number of phenols is 2. The third-order valence-electron chi connectivity index (χ3n) is 9.93. The largest absolute Gasteiger partial charge is 0.505 e. The molecule has 0 atom stereocenters. The van der Waals surface area contributed by atoms with Crippen molar-refractivity contribution in [2.24, 2.45) is 10.8 Å². The van der Waals surface area contributed by atoms with E-state index in [4.69, 9.17) is 0 Å². The van der Waals surface area contributed by atoms with E-state index in [0.29, 0.717) is 44.6 Å². The van der Waals surface area contributed by atoms with Gasteiger partial charge in [0.1, 0.15) is 44.9 Å². The first-order valence-electron chi connectivity index (χ1n) is 19.0. The van der Waals surface area contributed by atoms with Crippen molar-refractivity contribution in [3.05, 3.63) is 95.1 Å². The Kier molecular flexibility index (Phi) is 10.5. The van der Waals surface area contributed by atoms with E-state index < -0.39 is 11.8 Å². The Hall–Kier alpha value is -5.78. The number of carbonyl (C=O) groups excluding carboxylic acids is 2. The van der Waals surface area contributed by atoms with Gasteiger partial charge in [0.2, 0.25) is 0 Å². The average Bonchev–Trinajstić information content (AvgIpc) is 3.73. The van der Waals surface area contributed by atoms with Crippen LogP contribution in [0.4, 0.5) is 0 Å². The van der Waals surface area contributed by atoms with Gasteiger partial charge in [-0.05, 0) is 94.2 Å². The molecule has 0 saturated heterocycles. The van der Waals surface area contributed by atoms with Gasteiger partial charge in [-0.2, -0.15) is 0 Å². The lowest BCUT2D eigenvalue weighted by atomic mass is 9.72. The van der Waals surface area contributed by atoms with Gasteiger partial charge in [0.15, 0.2) is 0 Å². The van der Waals surface area contributed by atoms with Crippen molar-refractivity contribution in [2.75, 3.05) is 0 Å². The minimum absolute atomic E-state index is 0.00666. The fourth-order valence-corrected chi connectivity index (χ4v) is 8.01. The summed E-state index contributed by atoms with van der Waals surface area (Å²) in [4.78, 5) is 29.5. The molecule has 294 valence electrons. The second kappa shape index (κ2) is 14.7. The Morgan fingerprint density at radius 2 is 0.839 bits per heavy atom. The third-order valence-corrected chi connectivity index (χ3v) is 9.93. The summed E-state index contributed by atoms with van der Waals surface area (Å²) in [5.74, 6) is -1.99. The summed E-state index contributed by atoms with van der Waals surface area (Å²) < 4.78 is 0. The predicted molar refractivity (Wildman–Crippen MR) is 219 cm³/mol. The van der Waals surface area contributed by atoms with Gasteiger partial charge in [0, 0.05) is 24.2 Å². The van der Waals surface area contributed by atoms with Crippen LogP contribution in [0.5, 0.6) is 11.5 Å². The number of fused-ring (bicyclic) bond motifs is 2. The maximum Gasteiger partial charge on any atom is 0.309 e. The Bertz CT molecular complexity index is 2190. The minimum Gasteiger partial charge on any atom is -0.505 e. The smallest absolute Gasteiger partial charge is 0.309 e. The van der Waals surface area contributed by atoms with Crippen molar-refractivity contribution in [1.29, 1.82) is 0 Å². The highest BCUT2D eigenvalue weighted by molar-refractivity contribution is 6.35. The SMILES string of the molecule is CC(C)(C)CC(C)(C)c1cc(CNC(=O)C(=O)NCc2cc(C(C)(C)CC(C)(C)C)cc(-n3nc4ccccc4n3)c2O)c(O)c(-n2nc3ccccc3n2)c1. The number of nitrogens with one attached hydrogen (secondary N) is 2. The molecule has 0 unspecified atom stereocenters. The van der Waals surface area contributed by atoms with E-state index in [1.807, 2.05) is 72.8 Å². The monoisotopic (exact) mass is 758 g/mol. The molecule has 6 aromatic rings. The molecule has 0 bridgehead atoms. The fourth-order valence-electron chi connectivity index (χ4n) is 8.01. The minimum atomic E-state index is -0.891. The van der Waals surface area contributed by atoms with Gasteiger partial charge < -0.3 is 20.8 Å². The van der Waals surface area contributed by atoms with Crippen LogP contribution >= 0.6 is 0 Å². The van der Waals surface area contributed by atoms with Crippen molar-refractivity contribution in [3.63, 3.8) is 0 Å². The first-order chi connectivity index (χ1) is 26.1. The van der Waals surface area contributed by atoms with Gasteiger partial charge in [-0.3, -0.25) is 9.59 Å². The average molecular weight is 759 g/mol. The molecule has 2 heterocycles. The van der Waals surface area contributed by atoms with Crippen molar-refractivity contribution in [1.82, 2.24) is 40.6 Å². The molecule has 6 rings (SSSR count). The van der Waals surface area contributed by atoms with Crippen molar-refractivity contribution >= 4 is 33.9 Å². The molecule has 0 aliphatic carbocycles. The number of phenolic OH excluding ortho intramolecular Hbond substituents is 2. The lowest BCUT2D eigenvalue weighted by molar-refractivity contribution is -0.139. The Morgan fingerprint density at radius 3 is 1.12 bits per heavy atom. The molecule has 2 aromatic heterocycles. The van der Waals surface area contributed by atoms with E-state index in [0.717, 1.165) is 24.0 Å². The molecular weight excluding hydrogens is 705 g/mol. The fraction of sp³-hybridized carbons (Fsp3) is 0.409. The second-order valence-corrected chi connectivity index (χ2v) is 18.6. The van der Waals surface area contributed by atoms with Crippen molar-refractivity contribution in [2.45, 2.75) is 106 Å². The van der Waals surface area contributed by atoms with Crippen LogP contribution in [0.25, 0.3) is 33.4 Å². The zero-order valence-corrected chi connectivity index (χ0v) is 34.2. The first kappa shape index (κ1) is 39.9. The first-order valence-corrected chi connectivity index (χ1v) is 19.0. The van der Waals surface area contributed by atoms with Crippen LogP contribution in [0.2, 0.25) is 0 Å². The second-order valence-electron chi connectivity index (χ2n) is 18.6. The van der Waals surface area contributed by atoms with Crippen LogP contribution < -0.4 is 10.6 Å².